The summed E-state index contributed by atoms with van der Waals surface area (Å²) in [6.45, 7) is 1.12. The number of ether oxygens (including phenoxy) is 3. The van der Waals surface area contributed by atoms with Crippen molar-refractivity contribution in [1.29, 1.82) is 0 Å². The standard InChI is InChI=1S/C23H27N3O4/c1-28-18-13-11-17(12-14-18)16-24-22-19-8-5-6-9-20(19)25-23(26-22)30-15-7-3-4-10-21(27)29-2/h5-6,8-9,11-14H,3-4,7,10,15-16H2,1-2H3,(H,24,25,26). The lowest BCUT2D eigenvalue weighted by Gasteiger charge is -2.12. The van der Waals surface area contributed by atoms with Crippen LogP contribution in [0.3, 0.4) is 0 Å². The van der Waals surface area contributed by atoms with Gasteiger partial charge < -0.3 is 19.5 Å². The average molecular weight is 409 g/mol. The van der Waals surface area contributed by atoms with Crippen LogP contribution in [0.5, 0.6) is 11.8 Å². The number of nitrogens with zero attached hydrogens (tertiary/aromatic N) is 2. The second kappa shape index (κ2) is 11.0. The minimum Gasteiger partial charge on any atom is -0.497 e. The Hall–Kier alpha value is -3.35. The summed E-state index contributed by atoms with van der Waals surface area (Å²) < 4.78 is 15.6. The van der Waals surface area contributed by atoms with E-state index in [0.717, 1.165) is 47.3 Å². The van der Waals surface area contributed by atoms with Crippen molar-refractivity contribution in [2.24, 2.45) is 0 Å². The van der Waals surface area contributed by atoms with Crippen LogP contribution in [-0.2, 0) is 16.1 Å². The molecule has 0 amide bonds. The Morgan fingerprint density at radius 2 is 1.77 bits per heavy atom. The highest BCUT2D eigenvalue weighted by molar-refractivity contribution is 5.89. The molecule has 0 radical (unpaired) electrons. The summed E-state index contributed by atoms with van der Waals surface area (Å²) in [5.41, 5.74) is 1.94. The van der Waals surface area contributed by atoms with Crippen molar-refractivity contribution >= 4 is 22.7 Å². The fraction of sp³-hybridized carbons (Fsp3) is 0.348. The van der Waals surface area contributed by atoms with Crippen molar-refractivity contribution in [2.75, 3.05) is 26.1 Å². The summed E-state index contributed by atoms with van der Waals surface area (Å²) in [7, 11) is 3.06. The SMILES string of the molecule is COC(=O)CCCCCOc1nc(NCc2ccc(OC)cc2)c2ccccc2n1. The Labute approximate surface area is 176 Å². The molecule has 0 saturated heterocycles. The van der Waals surface area contributed by atoms with E-state index in [1.807, 2.05) is 48.5 Å². The minimum absolute atomic E-state index is 0.179. The lowest BCUT2D eigenvalue weighted by Crippen LogP contribution is -2.07. The van der Waals surface area contributed by atoms with E-state index in [0.29, 0.717) is 25.6 Å². The first kappa shape index (κ1) is 21.4. The number of aromatic nitrogens is 2. The zero-order valence-corrected chi connectivity index (χ0v) is 17.4. The van der Waals surface area contributed by atoms with Gasteiger partial charge in [0.15, 0.2) is 0 Å². The number of hydrogen-bond acceptors (Lipinski definition) is 7. The van der Waals surface area contributed by atoms with E-state index in [-0.39, 0.29) is 5.97 Å². The highest BCUT2D eigenvalue weighted by atomic mass is 16.5. The predicted molar refractivity (Wildman–Crippen MR) is 116 cm³/mol. The van der Waals surface area contributed by atoms with Gasteiger partial charge in [-0.15, -0.1) is 0 Å². The smallest absolute Gasteiger partial charge is 0.318 e. The molecule has 0 unspecified atom stereocenters. The van der Waals surface area contributed by atoms with E-state index in [4.69, 9.17) is 9.47 Å². The molecule has 3 rings (SSSR count). The maximum absolute atomic E-state index is 11.1. The molecule has 158 valence electrons. The third-order valence-corrected chi connectivity index (χ3v) is 4.69. The quantitative estimate of drug-likeness (QED) is 0.372. The lowest BCUT2D eigenvalue weighted by molar-refractivity contribution is -0.140. The van der Waals surface area contributed by atoms with Gasteiger partial charge in [0.25, 0.3) is 0 Å². The minimum atomic E-state index is -0.179. The van der Waals surface area contributed by atoms with Crippen LogP contribution < -0.4 is 14.8 Å². The van der Waals surface area contributed by atoms with E-state index < -0.39 is 0 Å². The first-order valence-corrected chi connectivity index (χ1v) is 10.0. The van der Waals surface area contributed by atoms with Crippen LogP contribution >= 0.6 is 0 Å². The maximum Gasteiger partial charge on any atom is 0.318 e. The van der Waals surface area contributed by atoms with Gasteiger partial charge in [0.1, 0.15) is 11.6 Å². The molecule has 0 spiro atoms. The zero-order valence-electron chi connectivity index (χ0n) is 17.4. The lowest BCUT2D eigenvalue weighted by atomic mass is 10.2. The highest BCUT2D eigenvalue weighted by Gasteiger charge is 2.09. The van der Waals surface area contributed by atoms with Crippen LogP contribution in [0.25, 0.3) is 10.9 Å². The highest BCUT2D eigenvalue weighted by Crippen LogP contribution is 2.23. The number of carbonyl (C=O) groups is 1. The van der Waals surface area contributed by atoms with Crippen LogP contribution in [0, 0.1) is 0 Å². The van der Waals surface area contributed by atoms with Gasteiger partial charge in [0.2, 0.25) is 0 Å². The van der Waals surface area contributed by atoms with Crippen LogP contribution in [-0.4, -0.2) is 36.8 Å². The topological polar surface area (TPSA) is 82.6 Å². The number of carbonyl (C=O) groups excluding carboxylic acids is 1. The zero-order chi connectivity index (χ0) is 21.2. The third-order valence-electron chi connectivity index (χ3n) is 4.69. The van der Waals surface area contributed by atoms with E-state index >= 15 is 0 Å². The predicted octanol–water partition coefficient (Wildman–Crippen LogP) is 4.36. The number of nitrogens with one attached hydrogen (secondary N) is 1. The number of unbranched alkanes of at least 4 members (excludes halogenated alkanes) is 2. The Morgan fingerprint density at radius 3 is 2.53 bits per heavy atom. The number of hydrogen-bond donors (Lipinski definition) is 1. The molecule has 1 aromatic heterocycles. The molecule has 7 nitrogen and oxygen atoms in total. The van der Waals surface area contributed by atoms with E-state index in [1.165, 1.54) is 7.11 Å². The first-order chi connectivity index (χ1) is 14.7. The Bertz CT molecular complexity index is 960. The molecule has 7 heteroatoms. The molecule has 3 aromatic rings. The van der Waals surface area contributed by atoms with Crippen molar-refractivity contribution in [3.8, 4) is 11.8 Å². The third kappa shape index (κ3) is 6.07. The van der Waals surface area contributed by atoms with Crippen molar-refractivity contribution in [1.82, 2.24) is 9.97 Å². The molecule has 2 aromatic carbocycles. The number of esters is 1. The molecule has 0 aliphatic heterocycles. The number of benzene rings is 2. The summed E-state index contributed by atoms with van der Waals surface area (Å²) in [6.07, 6.45) is 2.92. The second-order valence-electron chi connectivity index (χ2n) is 6.81. The number of para-hydroxylation sites is 1. The molecule has 1 heterocycles. The van der Waals surface area contributed by atoms with Crippen LogP contribution in [0.4, 0.5) is 5.82 Å². The molecular weight excluding hydrogens is 382 g/mol. The second-order valence-corrected chi connectivity index (χ2v) is 6.81. The van der Waals surface area contributed by atoms with Gasteiger partial charge in [-0.1, -0.05) is 24.3 Å². The Morgan fingerprint density at radius 1 is 0.967 bits per heavy atom. The van der Waals surface area contributed by atoms with E-state index in [9.17, 15) is 4.79 Å². The van der Waals surface area contributed by atoms with Crippen molar-refractivity contribution in [3.05, 3.63) is 54.1 Å². The summed E-state index contributed by atoms with van der Waals surface area (Å²) in [4.78, 5) is 20.2. The maximum atomic E-state index is 11.1. The van der Waals surface area contributed by atoms with Crippen molar-refractivity contribution in [3.63, 3.8) is 0 Å². The molecule has 0 atom stereocenters. The summed E-state index contributed by atoms with van der Waals surface area (Å²) in [5.74, 6) is 1.38. The molecule has 0 saturated carbocycles. The number of methoxy groups -OCH3 is 2. The van der Waals surface area contributed by atoms with Crippen LogP contribution in [0.2, 0.25) is 0 Å². The summed E-state index contributed by atoms with van der Waals surface area (Å²) in [6, 6.07) is 16.1. The number of fused-ring (bicyclic) bond motifs is 1. The van der Waals surface area contributed by atoms with E-state index in [2.05, 4.69) is 20.0 Å². The average Bonchev–Trinajstić information content (AvgIpc) is 2.79. The monoisotopic (exact) mass is 409 g/mol. The number of rotatable bonds is 11. The Balaban J connectivity index is 1.61. The summed E-state index contributed by atoms with van der Waals surface area (Å²) in [5, 5.41) is 4.33. The fourth-order valence-electron chi connectivity index (χ4n) is 3.00. The van der Waals surface area contributed by atoms with Gasteiger partial charge in [-0.05, 0) is 49.1 Å². The molecule has 0 fully saturated rings. The van der Waals surface area contributed by atoms with Crippen LogP contribution in [0.1, 0.15) is 31.2 Å². The normalized spacial score (nSPS) is 10.6. The van der Waals surface area contributed by atoms with Crippen LogP contribution in [0.15, 0.2) is 48.5 Å². The van der Waals surface area contributed by atoms with Gasteiger partial charge in [0.05, 0.1) is 26.3 Å². The summed E-state index contributed by atoms with van der Waals surface area (Å²) >= 11 is 0. The van der Waals surface area contributed by atoms with Gasteiger partial charge in [-0.3, -0.25) is 4.79 Å². The largest absolute Gasteiger partial charge is 0.497 e. The first-order valence-electron chi connectivity index (χ1n) is 10.0. The van der Waals surface area contributed by atoms with Crippen molar-refractivity contribution < 1.29 is 19.0 Å². The molecule has 0 aliphatic rings. The number of anilines is 1. The Kier molecular flexibility index (Phi) is 7.83. The van der Waals surface area contributed by atoms with E-state index in [1.54, 1.807) is 7.11 Å². The van der Waals surface area contributed by atoms with Gasteiger partial charge >= 0.3 is 12.0 Å². The van der Waals surface area contributed by atoms with Gasteiger partial charge in [-0.25, -0.2) is 0 Å². The molecular formula is C23H27N3O4. The van der Waals surface area contributed by atoms with Gasteiger partial charge in [0, 0.05) is 18.4 Å². The molecule has 1 N–H and O–H groups in total. The molecule has 30 heavy (non-hydrogen) atoms. The molecule has 0 aliphatic carbocycles. The molecule has 0 bridgehead atoms. The van der Waals surface area contributed by atoms with Crippen molar-refractivity contribution in [2.45, 2.75) is 32.2 Å². The van der Waals surface area contributed by atoms with Gasteiger partial charge in [-0.2, -0.15) is 9.97 Å². The fourth-order valence-corrected chi connectivity index (χ4v) is 3.00.